The van der Waals surface area contributed by atoms with Crippen LogP contribution in [0.5, 0.6) is 0 Å². The summed E-state index contributed by atoms with van der Waals surface area (Å²) in [4.78, 5) is 5.86. The van der Waals surface area contributed by atoms with Crippen molar-refractivity contribution >= 4 is 11.3 Å². The van der Waals surface area contributed by atoms with E-state index in [9.17, 15) is 0 Å². The van der Waals surface area contributed by atoms with E-state index < -0.39 is 0 Å². The summed E-state index contributed by atoms with van der Waals surface area (Å²) in [6.07, 6.45) is 3.90. The molecule has 0 aromatic carbocycles. The molecule has 10 heavy (non-hydrogen) atoms. The van der Waals surface area contributed by atoms with Crippen LogP contribution in [0.4, 0.5) is 0 Å². The van der Waals surface area contributed by atoms with Crippen molar-refractivity contribution in [3.05, 3.63) is 16.1 Å². The summed E-state index contributed by atoms with van der Waals surface area (Å²) in [6, 6.07) is 0. The highest BCUT2D eigenvalue weighted by molar-refractivity contribution is 7.09. The number of nitrogens with zero attached hydrogens (tertiary/aromatic N) is 1. The van der Waals surface area contributed by atoms with Gasteiger partial charge in [-0.2, -0.15) is 0 Å². The second kappa shape index (κ2) is 2.35. The van der Waals surface area contributed by atoms with Crippen LogP contribution in [0.2, 0.25) is 0 Å². The summed E-state index contributed by atoms with van der Waals surface area (Å²) in [5.41, 5.74) is 3.34. The summed E-state index contributed by atoms with van der Waals surface area (Å²) < 4.78 is 0. The third-order valence-electron chi connectivity index (χ3n) is 2.17. The van der Waals surface area contributed by atoms with Gasteiger partial charge >= 0.3 is 0 Å². The molecule has 2 heteroatoms. The smallest absolute Gasteiger partial charge is 0.0797 e. The van der Waals surface area contributed by atoms with Crippen molar-refractivity contribution in [3.63, 3.8) is 0 Å². The van der Waals surface area contributed by atoms with Gasteiger partial charge in [0.2, 0.25) is 0 Å². The molecule has 2 rings (SSSR count). The van der Waals surface area contributed by atoms with Gasteiger partial charge in [0, 0.05) is 4.88 Å². The monoisotopic (exact) mass is 153 g/mol. The van der Waals surface area contributed by atoms with E-state index in [2.05, 4.69) is 11.9 Å². The summed E-state index contributed by atoms with van der Waals surface area (Å²) in [5, 5.41) is 0. The van der Waals surface area contributed by atoms with E-state index in [-0.39, 0.29) is 0 Å². The first-order valence-corrected chi connectivity index (χ1v) is 4.68. The fraction of sp³-hybridized carbons (Fsp3) is 0.625. The first-order valence-electron chi connectivity index (χ1n) is 3.80. The number of aromatic nitrogens is 1. The number of fused-ring (bicyclic) bond motifs is 1. The van der Waals surface area contributed by atoms with Crippen molar-refractivity contribution in [1.29, 1.82) is 0 Å². The van der Waals surface area contributed by atoms with Gasteiger partial charge in [0.1, 0.15) is 0 Å². The fourth-order valence-corrected chi connectivity index (χ4v) is 2.51. The molecule has 1 aliphatic carbocycles. The zero-order valence-electron chi connectivity index (χ0n) is 6.13. The van der Waals surface area contributed by atoms with Gasteiger partial charge in [0.25, 0.3) is 0 Å². The van der Waals surface area contributed by atoms with Crippen LogP contribution in [0, 0.1) is 0 Å². The molecule has 1 aromatic heterocycles. The van der Waals surface area contributed by atoms with Crippen molar-refractivity contribution in [1.82, 2.24) is 4.98 Å². The van der Waals surface area contributed by atoms with Crippen LogP contribution in [0.1, 0.15) is 36.3 Å². The lowest BCUT2D eigenvalue weighted by molar-refractivity contribution is 0.592. The maximum atomic E-state index is 4.33. The molecular weight excluding hydrogens is 142 g/mol. The van der Waals surface area contributed by atoms with E-state index in [1.54, 1.807) is 0 Å². The molecule has 54 valence electrons. The molecular formula is C8H11NS. The lowest BCUT2D eigenvalue weighted by Crippen LogP contribution is -2.03. The van der Waals surface area contributed by atoms with Gasteiger partial charge in [-0.3, -0.25) is 0 Å². The number of aryl methyl sites for hydroxylation is 1. The summed E-state index contributed by atoms with van der Waals surface area (Å²) in [7, 11) is 0. The molecule has 0 bridgehead atoms. The Balaban J connectivity index is 2.41. The van der Waals surface area contributed by atoms with Crippen LogP contribution < -0.4 is 0 Å². The fourth-order valence-electron chi connectivity index (χ4n) is 1.57. The zero-order chi connectivity index (χ0) is 6.97. The first kappa shape index (κ1) is 6.35. The number of rotatable bonds is 0. The number of hydrogen-bond acceptors (Lipinski definition) is 2. The summed E-state index contributed by atoms with van der Waals surface area (Å²) in [5.74, 6) is 0.774. The van der Waals surface area contributed by atoms with Crippen LogP contribution in [-0.2, 0) is 6.42 Å². The van der Waals surface area contributed by atoms with Gasteiger partial charge in [0.05, 0.1) is 11.2 Å². The molecule has 0 N–H and O–H groups in total. The van der Waals surface area contributed by atoms with Gasteiger partial charge in [-0.25, -0.2) is 4.98 Å². The van der Waals surface area contributed by atoms with E-state index >= 15 is 0 Å². The molecule has 0 aliphatic heterocycles. The minimum Gasteiger partial charge on any atom is -0.249 e. The molecule has 0 unspecified atom stereocenters. The molecule has 1 atom stereocenters. The predicted octanol–water partition coefficient (Wildman–Crippen LogP) is 2.58. The molecule has 0 radical (unpaired) electrons. The minimum absolute atomic E-state index is 0.774. The number of hydrogen-bond donors (Lipinski definition) is 0. The van der Waals surface area contributed by atoms with E-state index in [0.29, 0.717) is 0 Å². The maximum absolute atomic E-state index is 4.33. The normalized spacial score (nSPS) is 24.3. The highest BCUT2D eigenvalue weighted by Gasteiger charge is 2.17. The highest BCUT2D eigenvalue weighted by Crippen LogP contribution is 2.32. The Bertz CT molecular complexity index is 229. The van der Waals surface area contributed by atoms with Gasteiger partial charge < -0.3 is 0 Å². The van der Waals surface area contributed by atoms with Crippen molar-refractivity contribution < 1.29 is 0 Å². The largest absolute Gasteiger partial charge is 0.249 e. The van der Waals surface area contributed by atoms with Crippen LogP contribution in [0.15, 0.2) is 5.51 Å². The third-order valence-corrected chi connectivity index (χ3v) is 3.27. The van der Waals surface area contributed by atoms with Crippen molar-refractivity contribution in [2.75, 3.05) is 0 Å². The van der Waals surface area contributed by atoms with Crippen molar-refractivity contribution in [3.8, 4) is 0 Å². The van der Waals surface area contributed by atoms with E-state index in [1.807, 2.05) is 16.8 Å². The highest BCUT2D eigenvalue weighted by atomic mass is 32.1. The van der Waals surface area contributed by atoms with Crippen LogP contribution in [0.3, 0.4) is 0 Å². The Kier molecular flexibility index (Phi) is 1.49. The molecule has 0 saturated carbocycles. The Morgan fingerprint density at radius 2 is 2.60 bits per heavy atom. The lowest BCUT2D eigenvalue weighted by atomic mass is 9.94. The molecule has 0 fully saturated rings. The van der Waals surface area contributed by atoms with E-state index in [1.165, 1.54) is 29.8 Å². The van der Waals surface area contributed by atoms with Gasteiger partial charge in [-0.1, -0.05) is 6.92 Å². The summed E-state index contributed by atoms with van der Waals surface area (Å²) in [6.45, 7) is 2.30. The maximum Gasteiger partial charge on any atom is 0.0797 e. The SMILES string of the molecule is C[C@@H]1CCCc2ncsc21. The predicted molar refractivity (Wildman–Crippen MR) is 43.5 cm³/mol. The summed E-state index contributed by atoms with van der Waals surface area (Å²) >= 11 is 1.82. The van der Waals surface area contributed by atoms with E-state index in [4.69, 9.17) is 0 Å². The van der Waals surface area contributed by atoms with E-state index in [0.717, 1.165) is 5.92 Å². The van der Waals surface area contributed by atoms with Gasteiger partial charge in [-0.15, -0.1) is 11.3 Å². The zero-order valence-corrected chi connectivity index (χ0v) is 6.95. The first-order chi connectivity index (χ1) is 4.88. The quantitative estimate of drug-likeness (QED) is 0.558. The second-order valence-electron chi connectivity index (χ2n) is 2.96. The lowest BCUT2D eigenvalue weighted by Gasteiger charge is -2.15. The van der Waals surface area contributed by atoms with Crippen molar-refractivity contribution in [2.24, 2.45) is 0 Å². The van der Waals surface area contributed by atoms with Crippen LogP contribution >= 0.6 is 11.3 Å². The topological polar surface area (TPSA) is 12.9 Å². The third kappa shape index (κ3) is 0.870. The van der Waals surface area contributed by atoms with Crippen LogP contribution in [-0.4, -0.2) is 4.98 Å². The molecule has 1 aliphatic rings. The van der Waals surface area contributed by atoms with Gasteiger partial charge in [0.15, 0.2) is 0 Å². The molecule has 1 nitrogen and oxygen atoms in total. The number of thiazole rings is 1. The molecule has 1 aromatic rings. The minimum atomic E-state index is 0.774. The Labute approximate surface area is 65.1 Å². The average molecular weight is 153 g/mol. The molecule has 1 heterocycles. The Hall–Kier alpha value is -0.370. The van der Waals surface area contributed by atoms with Crippen molar-refractivity contribution in [2.45, 2.75) is 32.1 Å². The van der Waals surface area contributed by atoms with Crippen LogP contribution in [0.25, 0.3) is 0 Å². The average Bonchev–Trinajstić information content (AvgIpc) is 2.36. The van der Waals surface area contributed by atoms with Gasteiger partial charge in [-0.05, 0) is 25.2 Å². The Morgan fingerprint density at radius 1 is 1.70 bits per heavy atom. The molecule has 0 saturated heterocycles. The second-order valence-corrected chi connectivity index (χ2v) is 3.84. The Morgan fingerprint density at radius 3 is 3.40 bits per heavy atom. The standard InChI is InChI=1S/C8H11NS/c1-6-3-2-4-7-8(6)10-5-9-7/h5-6H,2-4H2,1H3/t6-/m1/s1. The molecule has 0 amide bonds. The molecule has 0 spiro atoms.